The Labute approximate surface area is 218 Å². The van der Waals surface area contributed by atoms with Crippen LogP contribution in [-0.2, 0) is 9.22 Å². The van der Waals surface area contributed by atoms with Gasteiger partial charge in [0, 0.05) is 6.61 Å². The molecule has 186 valence electrons. The Morgan fingerprint density at radius 3 is 1.88 bits per heavy atom. The lowest BCUT2D eigenvalue weighted by molar-refractivity contribution is -0.120. The van der Waals surface area contributed by atoms with Crippen molar-refractivity contribution in [2.75, 3.05) is 6.61 Å². The summed E-state index contributed by atoms with van der Waals surface area (Å²) in [6, 6.07) is 19.7. The largest absolute Gasteiger partial charge is 0.407 e. The van der Waals surface area contributed by atoms with Gasteiger partial charge >= 0.3 is 0 Å². The van der Waals surface area contributed by atoms with Crippen LogP contribution in [0.2, 0.25) is 5.04 Å². The standard InChI is InChI=1S/C26H33Cl3FNO2Si/c1-6-23(31-24(32)26(27,28)29)22(30)17-19(2)18-33-34(25(3,4)5,20-13-9-7-10-14-20)21-15-11-8-12-16-21/h7-17,19,23H,6,18H2,1-5H3,(H,31,32)/b22-17-/t19-,23-/m1/s1. The van der Waals surface area contributed by atoms with Gasteiger partial charge in [-0.2, -0.15) is 0 Å². The molecule has 0 saturated heterocycles. The number of nitrogens with one attached hydrogen (secondary N) is 1. The Hall–Kier alpha value is -1.37. The van der Waals surface area contributed by atoms with Gasteiger partial charge in [0.25, 0.3) is 18.0 Å². The number of hydrogen-bond acceptors (Lipinski definition) is 2. The van der Waals surface area contributed by atoms with E-state index in [2.05, 4.69) is 50.4 Å². The number of carbonyl (C=O) groups is 1. The summed E-state index contributed by atoms with van der Waals surface area (Å²) in [4.78, 5) is 12.0. The van der Waals surface area contributed by atoms with Crippen molar-refractivity contribution in [1.29, 1.82) is 0 Å². The highest BCUT2D eigenvalue weighted by atomic mass is 35.6. The first-order chi connectivity index (χ1) is 15.8. The van der Waals surface area contributed by atoms with Crippen LogP contribution < -0.4 is 15.7 Å². The van der Waals surface area contributed by atoms with Crippen LogP contribution in [0.25, 0.3) is 0 Å². The minimum Gasteiger partial charge on any atom is -0.407 e. The summed E-state index contributed by atoms with van der Waals surface area (Å²) >= 11 is 16.8. The first kappa shape index (κ1) is 28.9. The molecule has 2 atom stereocenters. The Morgan fingerprint density at radius 2 is 1.50 bits per heavy atom. The Bertz CT molecular complexity index is 920. The number of rotatable bonds is 9. The van der Waals surface area contributed by atoms with E-state index in [9.17, 15) is 4.79 Å². The van der Waals surface area contributed by atoms with E-state index in [1.807, 2.05) is 43.3 Å². The fraction of sp³-hybridized carbons (Fsp3) is 0.423. The highest BCUT2D eigenvalue weighted by Gasteiger charge is 2.50. The van der Waals surface area contributed by atoms with Crippen molar-refractivity contribution in [3.63, 3.8) is 0 Å². The molecule has 0 spiro atoms. The van der Waals surface area contributed by atoms with Crippen molar-refractivity contribution in [3.05, 3.63) is 72.6 Å². The third-order valence-electron chi connectivity index (χ3n) is 5.73. The number of halogens is 4. The lowest BCUT2D eigenvalue weighted by Gasteiger charge is -2.43. The third-order valence-corrected chi connectivity index (χ3v) is 11.2. The van der Waals surface area contributed by atoms with E-state index >= 15 is 4.39 Å². The highest BCUT2D eigenvalue weighted by Crippen LogP contribution is 2.37. The van der Waals surface area contributed by atoms with Gasteiger partial charge in [-0.05, 0) is 33.8 Å². The summed E-state index contributed by atoms with van der Waals surface area (Å²) in [5.74, 6) is -1.59. The van der Waals surface area contributed by atoms with Crippen LogP contribution in [0.3, 0.4) is 0 Å². The molecule has 0 radical (unpaired) electrons. The summed E-state index contributed by atoms with van der Waals surface area (Å²) in [6.07, 6.45) is 1.79. The minimum atomic E-state index is -2.72. The second kappa shape index (κ2) is 12.0. The lowest BCUT2D eigenvalue weighted by atomic mass is 10.1. The molecule has 0 heterocycles. The predicted octanol–water partition coefficient (Wildman–Crippen LogP) is 6.32. The van der Waals surface area contributed by atoms with Gasteiger partial charge in [0.05, 0.1) is 6.04 Å². The van der Waals surface area contributed by atoms with Gasteiger partial charge in [0.15, 0.2) is 0 Å². The van der Waals surface area contributed by atoms with Crippen LogP contribution in [0.5, 0.6) is 0 Å². The molecule has 0 unspecified atom stereocenters. The molecule has 3 nitrogen and oxygen atoms in total. The molecule has 2 rings (SSSR count). The summed E-state index contributed by atoms with van der Waals surface area (Å²) in [5, 5.41) is 4.59. The van der Waals surface area contributed by atoms with Gasteiger partial charge < -0.3 is 9.74 Å². The maximum absolute atomic E-state index is 15.0. The van der Waals surface area contributed by atoms with Gasteiger partial charge in [-0.3, -0.25) is 4.79 Å². The van der Waals surface area contributed by atoms with Crippen LogP contribution in [0.1, 0.15) is 41.0 Å². The fourth-order valence-electron chi connectivity index (χ4n) is 4.06. The predicted molar refractivity (Wildman–Crippen MR) is 144 cm³/mol. The zero-order valence-electron chi connectivity index (χ0n) is 20.2. The second-order valence-corrected chi connectivity index (χ2v) is 16.0. The van der Waals surface area contributed by atoms with E-state index in [0.29, 0.717) is 13.0 Å². The van der Waals surface area contributed by atoms with Crippen LogP contribution >= 0.6 is 34.8 Å². The van der Waals surface area contributed by atoms with Crippen LogP contribution in [0, 0.1) is 5.92 Å². The van der Waals surface area contributed by atoms with Crippen LogP contribution in [-0.4, -0.2) is 30.7 Å². The van der Waals surface area contributed by atoms with E-state index in [1.54, 1.807) is 6.92 Å². The van der Waals surface area contributed by atoms with Crippen molar-refractivity contribution in [1.82, 2.24) is 5.32 Å². The summed E-state index contributed by atoms with van der Waals surface area (Å²) in [5.41, 5.74) is 0. The summed E-state index contributed by atoms with van der Waals surface area (Å²) in [7, 11) is -2.72. The fourth-order valence-corrected chi connectivity index (χ4v) is 8.89. The van der Waals surface area contributed by atoms with Gasteiger partial charge in [-0.25, -0.2) is 4.39 Å². The molecule has 0 aromatic heterocycles. The van der Waals surface area contributed by atoms with E-state index < -0.39 is 29.9 Å². The van der Waals surface area contributed by atoms with E-state index in [4.69, 9.17) is 39.2 Å². The average Bonchev–Trinajstić information content (AvgIpc) is 2.77. The molecule has 0 aliphatic carbocycles. The quantitative estimate of drug-likeness (QED) is 0.296. The number of amides is 1. The number of alkyl halides is 3. The molecule has 0 fully saturated rings. The van der Waals surface area contributed by atoms with Gasteiger partial charge in [-0.15, -0.1) is 0 Å². The van der Waals surface area contributed by atoms with Crippen molar-refractivity contribution >= 4 is 59.4 Å². The Balaban J connectivity index is 2.34. The molecule has 2 aromatic rings. The molecule has 2 aromatic carbocycles. The number of carbonyl (C=O) groups excluding carboxylic acids is 1. The third kappa shape index (κ3) is 7.08. The molecular formula is C26H33Cl3FNO2Si. The highest BCUT2D eigenvalue weighted by molar-refractivity contribution is 6.99. The Kier molecular flexibility index (Phi) is 10.2. The Morgan fingerprint density at radius 1 is 1.03 bits per heavy atom. The minimum absolute atomic E-state index is 0.179. The average molecular weight is 545 g/mol. The summed E-state index contributed by atoms with van der Waals surface area (Å²) in [6.45, 7) is 10.5. The molecule has 1 N–H and O–H groups in total. The summed E-state index contributed by atoms with van der Waals surface area (Å²) < 4.78 is 19.7. The van der Waals surface area contributed by atoms with Crippen LogP contribution in [0.15, 0.2) is 72.6 Å². The molecule has 0 aliphatic heterocycles. The van der Waals surface area contributed by atoms with Gasteiger partial charge in [0.1, 0.15) is 5.83 Å². The molecule has 8 heteroatoms. The molecule has 0 bridgehead atoms. The van der Waals surface area contributed by atoms with E-state index in [-0.39, 0.29) is 11.0 Å². The first-order valence-electron chi connectivity index (χ1n) is 11.3. The number of hydrogen-bond donors (Lipinski definition) is 1. The normalized spacial score (nSPS) is 15.0. The van der Waals surface area contributed by atoms with Gasteiger partial charge in [0.2, 0.25) is 0 Å². The molecular weight excluding hydrogens is 512 g/mol. The topological polar surface area (TPSA) is 38.3 Å². The van der Waals surface area contributed by atoms with Crippen molar-refractivity contribution in [2.45, 2.75) is 55.9 Å². The van der Waals surface area contributed by atoms with Crippen molar-refractivity contribution in [3.8, 4) is 0 Å². The SMILES string of the molecule is CC[C@@H](NC(=O)C(Cl)(Cl)Cl)/C(F)=C/[C@@H](C)CO[Si](c1ccccc1)(c1ccccc1)C(C)(C)C. The monoisotopic (exact) mass is 543 g/mol. The molecule has 0 aliphatic rings. The zero-order chi connectivity index (χ0) is 25.6. The maximum atomic E-state index is 15.0. The van der Waals surface area contributed by atoms with Crippen molar-refractivity contribution < 1.29 is 13.6 Å². The smallest absolute Gasteiger partial charge is 0.272 e. The maximum Gasteiger partial charge on any atom is 0.272 e. The van der Waals surface area contributed by atoms with Crippen molar-refractivity contribution in [2.24, 2.45) is 5.92 Å². The second-order valence-electron chi connectivity index (χ2n) is 9.44. The zero-order valence-corrected chi connectivity index (χ0v) is 23.5. The molecule has 34 heavy (non-hydrogen) atoms. The molecule has 1 amide bonds. The number of benzene rings is 2. The van der Waals surface area contributed by atoms with Gasteiger partial charge in [-0.1, -0.05) is 130 Å². The van der Waals surface area contributed by atoms with Crippen LogP contribution in [0.4, 0.5) is 4.39 Å². The molecule has 0 saturated carbocycles. The first-order valence-corrected chi connectivity index (χ1v) is 14.4. The lowest BCUT2D eigenvalue weighted by Crippen LogP contribution is -2.66. The van der Waals surface area contributed by atoms with E-state index in [1.165, 1.54) is 6.08 Å². The van der Waals surface area contributed by atoms with E-state index in [0.717, 1.165) is 10.4 Å².